The molecular formula is C12H20N2. The minimum Gasteiger partial charge on any atom is -0.324 e. The summed E-state index contributed by atoms with van der Waals surface area (Å²) in [4.78, 5) is 0. The summed E-state index contributed by atoms with van der Waals surface area (Å²) in [6.45, 7) is 7.03. The first-order valence-corrected chi connectivity index (χ1v) is 5.06. The summed E-state index contributed by atoms with van der Waals surface area (Å²) in [6.07, 6.45) is 0. The Morgan fingerprint density at radius 2 is 1.86 bits per heavy atom. The summed E-state index contributed by atoms with van der Waals surface area (Å²) in [5.74, 6) is 0. The van der Waals surface area contributed by atoms with Crippen molar-refractivity contribution in [1.29, 1.82) is 0 Å². The van der Waals surface area contributed by atoms with E-state index in [1.165, 1.54) is 5.56 Å². The predicted molar refractivity (Wildman–Crippen MR) is 61.1 cm³/mol. The molecule has 0 aliphatic carbocycles. The number of benzene rings is 1. The fourth-order valence-electron chi connectivity index (χ4n) is 1.28. The van der Waals surface area contributed by atoms with Crippen LogP contribution in [0, 0.1) is 0 Å². The molecule has 1 atom stereocenters. The summed E-state index contributed by atoms with van der Waals surface area (Å²) < 4.78 is 0. The largest absolute Gasteiger partial charge is 0.324 e. The van der Waals surface area contributed by atoms with Gasteiger partial charge in [-0.25, -0.2) is 0 Å². The Bertz CT molecular complexity index is 261. The van der Waals surface area contributed by atoms with Crippen molar-refractivity contribution in [2.24, 2.45) is 5.73 Å². The maximum Gasteiger partial charge on any atom is 0.0292 e. The van der Waals surface area contributed by atoms with Crippen LogP contribution in [0.3, 0.4) is 0 Å². The Labute approximate surface area is 86.5 Å². The van der Waals surface area contributed by atoms with E-state index in [9.17, 15) is 0 Å². The van der Waals surface area contributed by atoms with E-state index in [0.717, 1.165) is 6.54 Å². The molecule has 14 heavy (non-hydrogen) atoms. The van der Waals surface area contributed by atoms with E-state index < -0.39 is 0 Å². The van der Waals surface area contributed by atoms with Gasteiger partial charge in [0.15, 0.2) is 0 Å². The van der Waals surface area contributed by atoms with Crippen LogP contribution in [0.2, 0.25) is 0 Å². The quantitative estimate of drug-likeness (QED) is 0.766. The van der Waals surface area contributed by atoms with Gasteiger partial charge in [-0.3, -0.25) is 0 Å². The number of nitrogens with one attached hydrogen (secondary N) is 1. The molecule has 1 aromatic rings. The first-order chi connectivity index (χ1) is 6.49. The number of hydrogen-bond donors (Lipinski definition) is 2. The molecule has 0 radical (unpaired) electrons. The molecule has 1 rings (SSSR count). The molecule has 0 aromatic heterocycles. The molecule has 0 aliphatic heterocycles. The van der Waals surface area contributed by atoms with Crippen molar-refractivity contribution >= 4 is 0 Å². The fraction of sp³-hybridized carbons (Fsp3) is 0.500. The van der Waals surface area contributed by atoms with E-state index in [1.54, 1.807) is 0 Å². The van der Waals surface area contributed by atoms with Gasteiger partial charge in [-0.2, -0.15) is 0 Å². The highest BCUT2D eigenvalue weighted by atomic mass is 14.9. The Kier molecular flexibility index (Phi) is 3.67. The number of hydrogen-bond acceptors (Lipinski definition) is 2. The van der Waals surface area contributed by atoms with Crippen molar-refractivity contribution in [2.45, 2.75) is 32.4 Å². The lowest BCUT2D eigenvalue weighted by molar-refractivity contribution is 0.434. The lowest BCUT2D eigenvalue weighted by Crippen LogP contribution is -2.43. The smallest absolute Gasteiger partial charge is 0.0292 e. The zero-order chi connectivity index (χ0) is 10.6. The van der Waals surface area contributed by atoms with E-state index in [2.05, 4.69) is 36.5 Å². The molecule has 0 unspecified atom stereocenters. The maximum atomic E-state index is 5.90. The molecule has 0 amide bonds. The third-order valence-corrected chi connectivity index (χ3v) is 2.16. The van der Waals surface area contributed by atoms with Gasteiger partial charge in [0.1, 0.15) is 0 Å². The average molecular weight is 192 g/mol. The molecule has 3 N–H and O–H groups in total. The topological polar surface area (TPSA) is 38.0 Å². The second-order valence-corrected chi connectivity index (χ2v) is 4.50. The second kappa shape index (κ2) is 4.58. The molecule has 78 valence electrons. The van der Waals surface area contributed by atoms with Crippen molar-refractivity contribution in [3.63, 3.8) is 0 Å². The van der Waals surface area contributed by atoms with Crippen LogP contribution in [0.1, 0.15) is 32.4 Å². The van der Waals surface area contributed by atoms with Crippen LogP contribution < -0.4 is 11.1 Å². The first-order valence-electron chi connectivity index (χ1n) is 5.06. The molecule has 0 aliphatic rings. The summed E-state index contributed by atoms with van der Waals surface area (Å²) in [5, 5.41) is 3.41. The SMILES string of the molecule is C[C@H](NCC(C)(C)N)c1ccccc1. The number of nitrogens with two attached hydrogens (primary N) is 1. The van der Waals surface area contributed by atoms with Gasteiger partial charge in [0.2, 0.25) is 0 Å². The predicted octanol–water partition coefficient (Wildman–Crippen LogP) is 2.07. The molecule has 0 bridgehead atoms. The molecule has 0 saturated heterocycles. The molecule has 1 aromatic carbocycles. The zero-order valence-corrected chi connectivity index (χ0v) is 9.25. The van der Waals surface area contributed by atoms with Crippen LogP contribution in [0.5, 0.6) is 0 Å². The van der Waals surface area contributed by atoms with Crippen LogP contribution >= 0.6 is 0 Å². The average Bonchev–Trinajstić information content (AvgIpc) is 2.14. The van der Waals surface area contributed by atoms with Gasteiger partial charge in [0.05, 0.1) is 0 Å². The third-order valence-electron chi connectivity index (χ3n) is 2.16. The summed E-state index contributed by atoms with van der Waals surface area (Å²) >= 11 is 0. The highest BCUT2D eigenvalue weighted by Gasteiger charge is 2.12. The summed E-state index contributed by atoms with van der Waals surface area (Å²) in [6, 6.07) is 10.8. The van der Waals surface area contributed by atoms with Crippen LogP contribution in [0.4, 0.5) is 0 Å². The van der Waals surface area contributed by atoms with Crippen molar-refractivity contribution in [1.82, 2.24) is 5.32 Å². The Hall–Kier alpha value is -0.860. The van der Waals surface area contributed by atoms with Gasteiger partial charge >= 0.3 is 0 Å². The third kappa shape index (κ3) is 3.90. The van der Waals surface area contributed by atoms with Crippen molar-refractivity contribution in [2.75, 3.05) is 6.54 Å². The van der Waals surface area contributed by atoms with E-state index in [4.69, 9.17) is 5.73 Å². The van der Waals surface area contributed by atoms with E-state index >= 15 is 0 Å². The Morgan fingerprint density at radius 3 is 2.36 bits per heavy atom. The highest BCUT2D eigenvalue weighted by Crippen LogP contribution is 2.11. The Morgan fingerprint density at radius 1 is 1.29 bits per heavy atom. The van der Waals surface area contributed by atoms with Gasteiger partial charge < -0.3 is 11.1 Å². The van der Waals surface area contributed by atoms with Crippen molar-refractivity contribution in [3.05, 3.63) is 35.9 Å². The fourth-order valence-corrected chi connectivity index (χ4v) is 1.28. The highest BCUT2D eigenvalue weighted by molar-refractivity contribution is 5.18. The second-order valence-electron chi connectivity index (χ2n) is 4.50. The van der Waals surface area contributed by atoms with Gasteiger partial charge in [-0.15, -0.1) is 0 Å². The normalized spacial score (nSPS) is 14.0. The van der Waals surface area contributed by atoms with Crippen LogP contribution in [-0.2, 0) is 0 Å². The minimum atomic E-state index is -0.150. The molecule has 0 heterocycles. The molecular weight excluding hydrogens is 172 g/mol. The minimum absolute atomic E-state index is 0.150. The number of rotatable bonds is 4. The summed E-state index contributed by atoms with van der Waals surface area (Å²) in [7, 11) is 0. The van der Waals surface area contributed by atoms with Gasteiger partial charge in [-0.1, -0.05) is 30.3 Å². The first kappa shape index (κ1) is 11.2. The van der Waals surface area contributed by atoms with Gasteiger partial charge in [0, 0.05) is 18.1 Å². The van der Waals surface area contributed by atoms with Crippen LogP contribution in [0.15, 0.2) is 30.3 Å². The molecule has 2 nitrogen and oxygen atoms in total. The van der Waals surface area contributed by atoms with Crippen molar-refractivity contribution < 1.29 is 0 Å². The zero-order valence-electron chi connectivity index (χ0n) is 9.25. The van der Waals surface area contributed by atoms with E-state index in [1.807, 2.05) is 19.9 Å². The summed E-state index contributed by atoms with van der Waals surface area (Å²) in [5.41, 5.74) is 7.05. The van der Waals surface area contributed by atoms with Crippen LogP contribution in [0.25, 0.3) is 0 Å². The van der Waals surface area contributed by atoms with Gasteiger partial charge in [-0.05, 0) is 26.3 Å². The lowest BCUT2D eigenvalue weighted by atomic mass is 10.0. The van der Waals surface area contributed by atoms with Crippen LogP contribution in [-0.4, -0.2) is 12.1 Å². The molecule has 2 heteroatoms. The molecule has 0 spiro atoms. The van der Waals surface area contributed by atoms with E-state index in [0.29, 0.717) is 6.04 Å². The lowest BCUT2D eigenvalue weighted by Gasteiger charge is -2.22. The van der Waals surface area contributed by atoms with Gasteiger partial charge in [0.25, 0.3) is 0 Å². The van der Waals surface area contributed by atoms with E-state index in [-0.39, 0.29) is 5.54 Å². The molecule has 0 fully saturated rings. The standard InChI is InChI=1S/C12H20N2/c1-10(14-9-12(2,3)13)11-7-5-4-6-8-11/h4-8,10,14H,9,13H2,1-3H3/t10-/m0/s1. The monoisotopic (exact) mass is 192 g/mol. The maximum absolute atomic E-state index is 5.90. The Balaban J connectivity index is 2.48. The molecule has 0 saturated carbocycles. The van der Waals surface area contributed by atoms with Crippen molar-refractivity contribution in [3.8, 4) is 0 Å².